The minimum atomic E-state index is -0.633. The maximum absolute atomic E-state index is 12.9. The Bertz CT molecular complexity index is 582. The average molecular weight is 283 g/mol. The lowest BCUT2D eigenvalue weighted by atomic mass is 10.1. The first-order chi connectivity index (χ1) is 9.15. The van der Waals surface area contributed by atoms with Gasteiger partial charge in [0.15, 0.2) is 11.5 Å². The molecule has 0 aliphatic carbocycles. The molecule has 100 valence electrons. The van der Waals surface area contributed by atoms with E-state index < -0.39 is 5.97 Å². The van der Waals surface area contributed by atoms with E-state index in [1.165, 1.54) is 38.5 Å². The first-order valence-corrected chi connectivity index (χ1v) is 5.95. The predicted octanol–water partition coefficient (Wildman–Crippen LogP) is 2.92. The van der Waals surface area contributed by atoms with Gasteiger partial charge in [0.2, 0.25) is 0 Å². The van der Waals surface area contributed by atoms with Gasteiger partial charge in [-0.2, -0.15) is 4.98 Å². The van der Waals surface area contributed by atoms with Crippen LogP contribution in [0.2, 0.25) is 0 Å². The second kappa shape index (κ2) is 5.85. The van der Waals surface area contributed by atoms with Crippen molar-refractivity contribution in [2.75, 3.05) is 14.2 Å². The zero-order valence-corrected chi connectivity index (χ0v) is 11.0. The Hall–Kier alpha value is -1.86. The number of benzene rings is 1. The van der Waals surface area contributed by atoms with Crippen molar-refractivity contribution in [3.05, 3.63) is 35.8 Å². The summed E-state index contributed by atoms with van der Waals surface area (Å²) < 4.78 is 27.7. The van der Waals surface area contributed by atoms with Crippen LogP contribution in [-0.2, 0) is 8.92 Å². The molecule has 0 aliphatic heterocycles. The summed E-state index contributed by atoms with van der Waals surface area (Å²) >= 11 is 0.876. The quantitative estimate of drug-likeness (QED) is 0.635. The molecule has 0 radical (unpaired) electrons. The number of esters is 1. The highest BCUT2D eigenvalue weighted by Gasteiger charge is 2.22. The number of aromatic nitrogens is 1. The topological polar surface area (TPSA) is 61.6 Å². The van der Waals surface area contributed by atoms with E-state index in [4.69, 9.17) is 8.60 Å². The van der Waals surface area contributed by atoms with Crippen molar-refractivity contribution in [1.82, 2.24) is 4.98 Å². The fourth-order valence-corrected chi connectivity index (χ4v) is 1.83. The van der Waals surface area contributed by atoms with E-state index in [9.17, 15) is 9.18 Å². The van der Waals surface area contributed by atoms with Crippen LogP contribution in [0.4, 0.5) is 4.39 Å². The van der Waals surface area contributed by atoms with E-state index in [0.717, 1.165) is 12.0 Å². The van der Waals surface area contributed by atoms with E-state index in [1.54, 1.807) is 0 Å². The number of hydrogen-bond acceptors (Lipinski definition) is 6. The van der Waals surface area contributed by atoms with E-state index in [-0.39, 0.29) is 22.5 Å². The van der Waals surface area contributed by atoms with Crippen molar-refractivity contribution < 1.29 is 22.5 Å². The molecule has 0 amide bonds. The fraction of sp³-hybridized carbons (Fsp3) is 0.167. The third-order valence-corrected chi connectivity index (χ3v) is 2.73. The maximum Gasteiger partial charge on any atom is 0.360 e. The Labute approximate surface area is 112 Å². The van der Waals surface area contributed by atoms with Gasteiger partial charge in [-0.3, -0.25) is 0 Å². The zero-order valence-electron chi connectivity index (χ0n) is 10.2. The Morgan fingerprint density at radius 2 is 2.00 bits per heavy atom. The van der Waals surface area contributed by atoms with Gasteiger partial charge in [0.05, 0.1) is 26.3 Å². The molecule has 1 aromatic carbocycles. The lowest BCUT2D eigenvalue weighted by molar-refractivity contribution is 0.0595. The average Bonchev–Trinajstić information content (AvgIpc) is 2.83. The van der Waals surface area contributed by atoms with Crippen LogP contribution < -0.4 is 0 Å². The van der Waals surface area contributed by atoms with Crippen molar-refractivity contribution >= 4 is 18.0 Å². The molecule has 1 aromatic heterocycles. The monoisotopic (exact) mass is 283 g/mol. The summed E-state index contributed by atoms with van der Waals surface area (Å²) in [5.41, 5.74) is 0.547. The van der Waals surface area contributed by atoms with Crippen molar-refractivity contribution in [1.29, 1.82) is 0 Å². The maximum atomic E-state index is 12.9. The molecule has 0 spiro atoms. The number of rotatable bonds is 4. The molecule has 0 atom stereocenters. The molecule has 5 nitrogen and oxygen atoms in total. The third kappa shape index (κ3) is 2.94. The summed E-state index contributed by atoms with van der Waals surface area (Å²) in [7, 11) is 2.69. The second-order valence-corrected chi connectivity index (χ2v) is 4.26. The summed E-state index contributed by atoms with van der Waals surface area (Å²) in [5.74, 6) is -0.799. The van der Waals surface area contributed by atoms with E-state index in [2.05, 4.69) is 9.72 Å². The predicted molar refractivity (Wildman–Crippen MR) is 66.1 cm³/mol. The van der Waals surface area contributed by atoms with Gasteiger partial charge in [0, 0.05) is 5.56 Å². The van der Waals surface area contributed by atoms with Crippen LogP contribution in [0.15, 0.2) is 33.9 Å². The molecular weight excluding hydrogens is 273 g/mol. The number of hydrogen-bond donors (Lipinski definition) is 0. The van der Waals surface area contributed by atoms with E-state index in [1.807, 2.05) is 0 Å². The Morgan fingerprint density at radius 3 is 2.58 bits per heavy atom. The van der Waals surface area contributed by atoms with Crippen LogP contribution >= 0.6 is 12.0 Å². The summed E-state index contributed by atoms with van der Waals surface area (Å²) in [6, 6.07) is 5.51. The van der Waals surface area contributed by atoms with Crippen LogP contribution in [0.25, 0.3) is 11.3 Å². The largest absolute Gasteiger partial charge is 0.464 e. The number of ether oxygens (including phenoxy) is 1. The molecule has 2 rings (SSSR count). The molecule has 0 unspecified atom stereocenters. The molecule has 19 heavy (non-hydrogen) atoms. The molecule has 0 fully saturated rings. The first-order valence-electron chi connectivity index (χ1n) is 5.21. The lowest BCUT2D eigenvalue weighted by Gasteiger charge is -1.99. The van der Waals surface area contributed by atoms with Crippen molar-refractivity contribution in [2.24, 2.45) is 0 Å². The van der Waals surface area contributed by atoms with Crippen molar-refractivity contribution in [3.8, 4) is 11.3 Å². The molecule has 0 saturated heterocycles. The molecular formula is C12H10FNO4S. The van der Waals surface area contributed by atoms with Crippen molar-refractivity contribution in [3.63, 3.8) is 0 Å². The van der Waals surface area contributed by atoms with Gasteiger partial charge >= 0.3 is 5.97 Å². The van der Waals surface area contributed by atoms with Gasteiger partial charge in [-0.1, -0.05) is 0 Å². The van der Waals surface area contributed by atoms with E-state index in [0.29, 0.717) is 5.56 Å². The molecule has 0 bridgehead atoms. The number of halogens is 1. The van der Waals surface area contributed by atoms with Crippen LogP contribution in [0.5, 0.6) is 0 Å². The lowest BCUT2D eigenvalue weighted by Crippen LogP contribution is -2.03. The van der Waals surface area contributed by atoms with Gasteiger partial charge in [0.1, 0.15) is 5.82 Å². The molecule has 1 heterocycles. The molecule has 0 N–H and O–H groups in total. The van der Waals surface area contributed by atoms with Crippen LogP contribution in [0, 0.1) is 5.82 Å². The second-order valence-electron chi connectivity index (χ2n) is 3.41. The van der Waals surface area contributed by atoms with Gasteiger partial charge in [-0.15, -0.1) is 0 Å². The molecule has 7 heteroatoms. The highest BCUT2D eigenvalue weighted by molar-refractivity contribution is 7.94. The smallest absolute Gasteiger partial charge is 0.360 e. The van der Waals surface area contributed by atoms with Crippen molar-refractivity contribution in [2.45, 2.75) is 5.22 Å². The summed E-state index contributed by atoms with van der Waals surface area (Å²) in [5, 5.41) is 0.169. The van der Waals surface area contributed by atoms with Crippen LogP contribution in [0.3, 0.4) is 0 Å². The molecule has 2 aromatic rings. The number of oxazole rings is 1. The Kier molecular flexibility index (Phi) is 4.18. The minimum Gasteiger partial charge on any atom is -0.464 e. The van der Waals surface area contributed by atoms with Gasteiger partial charge < -0.3 is 13.3 Å². The fourth-order valence-electron chi connectivity index (χ4n) is 1.44. The summed E-state index contributed by atoms with van der Waals surface area (Å²) in [6.07, 6.45) is 0. The highest BCUT2D eigenvalue weighted by Crippen LogP contribution is 2.30. The standard InChI is InChI=1S/C12H10FNO4S/c1-16-11(15)9-10(18-12(14-9)19-17-2)7-3-5-8(13)6-4-7/h3-6H,1-2H3. The Morgan fingerprint density at radius 1 is 1.32 bits per heavy atom. The van der Waals surface area contributed by atoms with Crippen LogP contribution in [0.1, 0.15) is 10.5 Å². The minimum absolute atomic E-state index is 0.0219. The zero-order chi connectivity index (χ0) is 13.8. The van der Waals surface area contributed by atoms with Crippen LogP contribution in [-0.4, -0.2) is 25.2 Å². The SMILES string of the molecule is COSc1nc(C(=O)OC)c(-c2ccc(F)cc2)o1. The van der Waals surface area contributed by atoms with Gasteiger partial charge in [-0.05, 0) is 24.3 Å². The summed E-state index contributed by atoms with van der Waals surface area (Å²) in [6.45, 7) is 0. The van der Waals surface area contributed by atoms with Gasteiger partial charge in [-0.25, -0.2) is 9.18 Å². The summed E-state index contributed by atoms with van der Waals surface area (Å²) in [4.78, 5) is 15.6. The number of methoxy groups -OCH3 is 1. The van der Waals surface area contributed by atoms with Gasteiger partial charge in [0.25, 0.3) is 5.22 Å². The number of nitrogens with zero attached hydrogens (tertiary/aromatic N) is 1. The van der Waals surface area contributed by atoms with E-state index >= 15 is 0 Å². The number of carbonyl (C=O) groups is 1. The highest BCUT2D eigenvalue weighted by atomic mass is 32.2. The number of carbonyl (C=O) groups excluding carboxylic acids is 1. The molecule has 0 saturated carbocycles. The first kappa shape index (κ1) is 13.6. The Balaban J connectivity index is 2.47. The third-order valence-electron chi connectivity index (χ3n) is 2.25. The normalized spacial score (nSPS) is 10.5. The molecule has 0 aliphatic rings.